The second-order valence-corrected chi connectivity index (χ2v) is 6.68. The minimum Gasteiger partial charge on any atom is -0.438 e. The summed E-state index contributed by atoms with van der Waals surface area (Å²) in [6.07, 6.45) is 3.73. The number of para-hydroxylation sites is 1. The third-order valence-electron chi connectivity index (χ3n) is 4.84. The fourth-order valence-corrected chi connectivity index (χ4v) is 3.02. The molecule has 0 radical (unpaired) electrons. The molecule has 0 amide bonds. The Hall–Kier alpha value is -2.68. The van der Waals surface area contributed by atoms with Gasteiger partial charge in [0.25, 0.3) is 0 Å². The van der Waals surface area contributed by atoms with Crippen LogP contribution in [0.4, 0.5) is 0 Å². The van der Waals surface area contributed by atoms with E-state index in [9.17, 15) is 0 Å². The molecule has 3 heteroatoms. The van der Waals surface area contributed by atoms with E-state index >= 15 is 0 Å². The fourth-order valence-electron chi connectivity index (χ4n) is 3.02. The molecule has 1 unspecified atom stereocenters. The Labute approximate surface area is 141 Å². The molecule has 0 N–H and O–H groups in total. The Balaban J connectivity index is 1.84. The monoisotopic (exact) mass is 316 g/mol. The van der Waals surface area contributed by atoms with Crippen LogP contribution in [0.5, 0.6) is 0 Å². The van der Waals surface area contributed by atoms with Crippen LogP contribution in [0.25, 0.3) is 33.3 Å². The summed E-state index contributed by atoms with van der Waals surface area (Å²) >= 11 is 0. The molecule has 0 aliphatic heterocycles. The first kappa shape index (κ1) is 14.9. The van der Waals surface area contributed by atoms with Crippen molar-refractivity contribution in [2.45, 2.75) is 26.7 Å². The smallest absolute Gasteiger partial charge is 0.227 e. The lowest BCUT2D eigenvalue weighted by atomic mass is 9.90. The molecular formula is C21H20N2O. The van der Waals surface area contributed by atoms with Gasteiger partial charge < -0.3 is 4.42 Å². The summed E-state index contributed by atoms with van der Waals surface area (Å²) in [6.45, 7) is 6.75. The van der Waals surface area contributed by atoms with E-state index in [1.54, 1.807) is 0 Å². The lowest BCUT2D eigenvalue weighted by Gasteiger charge is -2.16. The minimum atomic E-state index is 0.498. The highest BCUT2D eigenvalue weighted by molar-refractivity contribution is 6.04. The van der Waals surface area contributed by atoms with E-state index in [1.165, 1.54) is 5.56 Å². The Bertz CT molecular complexity index is 1020. The highest BCUT2D eigenvalue weighted by Gasteiger charge is 2.13. The normalized spacial score (nSPS) is 13.0. The number of pyridine rings is 2. The molecule has 3 nitrogen and oxygen atoms in total. The molecule has 3 heterocycles. The first-order chi connectivity index (χ1) is 11.6. The molecule has 24 heavy (non-hydrogen) atoms. The predicted molar refractivity (Wildman–Crippen MR) is 98.0 cm³/mol. The average molecular weight is 316 g/mol. The molecular weight excluding hydrogens is 296 g/mol. The zero-order chi connectivity index (χ0) is 16.7. The summed E-state index contributed by atoms with van der Waals surface area (Å²) in [7, 11) is 0. The van der Waals surface area contributed by atoms with E-state index in [2.05, 4.69) is 55.0 Å². The van der Waals surface area contributed by atoms with Gasteiger partial charge in [-0.15, -0.1) is 0 Å². The zero-order valence-electron chi connectivity index (χ0n) is 14.2. The highest BCUT2D eigenvalue weighted by atomic mass is 16.3. The molecule has 0 aliphatic carbocycles. The Morgan fingerprint density at radius 1 is 0.917 bits per heavy atom. The molecule has 3 aromatic heterocycles. The first-order valence-corrected chi connectivity index (χ1v) is 8.37. The van der Waals surface area contributed by atoms with Crippen LogP contribution in [0.3, 0.4) is 0 Å². The molecule has 0 aliphatic rings. The van der Waals surface area contributed by atoms with E-state index in [0.717, 1.165) is 27.6 Å². The van der Waals surface area contributed by atoms with Crippen LogP contribution in [-0.2, 0) is 0 Å². The highest BCUT2D eigenvalue weighted by Crippen LogP contribution is 2.31. The number of benzene rings is 1. The third-order valence-corrected chi connectivity index (χ3v) is 4.84. The summed E-state index contributed by atoms with van der Waals surface area (Å²) < 4.78 is 5.81. The van der Waals surface area contributed by atoms with Gasteiger partial charge in [-0.2, -0.15) is 0 Å². The standard InChI is InChI=1S/C21H20N2O/c1-13(2)14(3)15-8-9-22-19(11-15)16-10-18-17-6-4-5-7-20(17)24-21(18)23-12-16/h4-14H,1-3H3. The van der Waals surface area contributed by atoms with Crippen LogP contribution in [0, 0.1) is 5.92 Å². The number of aromatic nitrogens is 2. The van der Waals surface area contributed by atoms with Crippen molar-refractivity contribution in [3.8, 4) is 11.3 Å². The summed E-state index contributed by atoms with van der Waals surface area (Å²) in [4.78, 5) is 9.05. The molecule has 1 aromatic carbocycles. The second-order valence-electron chi connectivity index (χ2n) is 6.68. The van der Waals surface area contributed by atoms with Gasteiger partial charge in [0.05, 0.1) is 5.69 Å². The largest absolute Gasteiger partial charge is 0.438 e. The van der Waals surface area contributed by atoms with Crippen molar-refractivity contribution in [2.24, 2.45) is 5.92 Å². The van der Waals surface area contributed by atoms with Crippen molar-refractivity contribution in [1.29, 1.82) is 0 Å². The van der Waals surface area contributed by atoms with E-state index in [0.29, 0.717) is 17.5 Å². The molecule has 1 atom stereocenters. The number of nitrogens with zero attached hydrogens (tertiary/aromatic N) is 2. The van der Waals surface area contributed by atoms with E-state index < -0.39 is 0 Å². The lowest BCUT2D eigenvalue weighted by Crippen LogP contribution is -2.02. The van der Waals surface area contributed by atoms with E-state index in [1.807, 2.05) is 30.6 Å². The van der Waals surface area contributed by atoms with Gasteiger partial charge in [-0.1, -0.05) is 39.0 Å². The molecule has 0 saturated carbocycles. The van der Waals surface area contributed by atoms with Crippen LogP contribution in [-0.4, -0.2) is 9.97 Å². The molecule has 0 bridgehead atoms. The van der Waals surface area contributed by atoms with Crippen molar-refractivity contribution in [3.05, 3.63) is 60.4 Å². The molecule has 0 saturated heterocycles. The second kappa shape index (κ2) is 5.75. The van der Waals surface area contributed by atoms with Gasteiger partial charge in [-0.3, -0.25) is 4.98 Å². The number of furan rings is 1. The lowest BCUT2D eigenvalue weighted by molar-refractivity contribution is 0.535. The average Bonchev–Trinajstić information content (AvgIpc) is 2.99. The Morgan fingerprint density at radius 2 is 1.75 bits per heavy atom. The van der Waals surface area contributed by atoms with Crippen LogP contribution in [0.1, 0.15) is 32.3 Å². The zero-order valence-corrected chi connectivity index (χ0v) is 14.2. The maximum Gasteiger partial charge on any atom is 0.227 e. The first-order valence-electron chi connectivity index (χ1n) is 8.37. The van der Waals surface area contributed by atoms with Crippen molar-refractivity contribution < 1.29 is 4.42 Å². The van der Waals surface area contributed by atoms with Crippen molar-refractivity contribution in [1.82, 2.24) is 9.97 Å². The summed E-state index contributed by atoms with van der Waals surface area (Å²) in [6, 6.07) is 14.4. The van der Waals surface area contributed by atoms with Crippen LogP contribution in [0.15, 0.2) is 59.3 Å². The van der Waals surface area contributed by atoms with E-state index in [4.69, 9.17) is 4.42 Å². The predicted octanol–water partition coefficient (Wildman–Crippen LogP) is 5.80. The SMILES string of the molecule is CC(C)C(C)c1ccnc(-c2cnc3oc4ccccc4c3c2)c1. The Morgan fingerprint density at radius 3 is 2.58 bits per heavy atom. The minimum absolute atomic E-state index is 0.498. The fraction of sp³-hybridized carbons (Fsp3) is 0.238. The number of fused-ring (bicyclic) bond motifs is 3. The van der Waals surface area contributed by atoms with Gasteiger partial charge in [-0.25, -0.2) is 4.98 Å². The molecule has 4 aromatic rings. The Kier molecular flexibility index (Phi) is 3.57. The van der Waals surface area contributed by atoms with Gasteiger partial charge >= 0.3 is 0 Å². The summed E-state index contributed by atoms with van der Waals surface area (Å²) in [5.74, 6) is 1.09. The molecule has 0 spiro atoms. The topological polar surface area (TPSA) is 38.9 Å². The van der Waals surface area contributed by atoms with Gasteiger partial charge in [0, 0.05) is 28.7 Å². The van der Waals surface area contributed by atoms with Crippen molar-refractivity contribution in [3.63, 3.8) is 0 Å². The van der Waals surface area contributed by atoms with Crippen LogP contribution >= 0.6 is 0 Å². The summed E-state index contributed by atoms with van der Waals surface area (Å²) in [5.41, 5.74) is 4.83. The number of hydrogen-bond acceptors (Lipinski definition) is 3. The van der Waals surface area contributed by atoms with Crippen molar-refractivity contribution >= 4 is 22.1 Å². The third kappa shape index (κ3) is 2.46. The molecule has 4 rings (SSSR count). The van der Waals surface area contributed by atoms with Gasteiger partial charge in [0.15, 0.2) is 0 Å². The van der Waals surface area contributed by atoms with Crippen molar-refractivity contribution in [2.75, 3.05) is 0 Å². The van der Waals surface area contributed by atoms with E-state index in [-0.39, 0.29) is 0 Å². The van der Waals surface area contributed by atoms with Gasteiger partial charge in [0.2, 0.25) is 5.71 Å². The number of hydrogen-bond donors (Lipinski definition) is 0. The van der Waals surface area contributed by atoms with Gasteiger partial charge in [-0.05, 0) is 41.7 Å². The molecule has 0 fully saturated rings. The maximum absolute atomic E-state index is 5.81. The maximum atomic E-state index is 5.81. The van der Waals surface area contributed by atoms with Gasteiger partial charge in [0.1, 0.15) is 5.58 Å². The van der Waals surface area contributed by atoms with Crippen LogP contribution in [0.2, 0.25) is 0 Å². The van der Waals surface area contributed by atoms with Crippen LogP contribution < -0.4 is 0 Å². The number of rotatable bonds is 3. The quantitative estimate of drug-likeness (QED) is 0.479. The molecule has 120 valence electrons. The summed E-state index contributed by atoms with van der Waals surface area (Å²) in [5, 5.41) is 2.13.